The number of carbonyl (C=O) groups excluding carboxylic acids is 3. The number of imide groups is 1. The fourth-order valence-electron chi connectivity index (χ4n) is 4.09. The van der Waals surface area contributed by atoms with E-state index in [1.54, 1.807) is 30.7 Å². The summed E-state index contributed by atoms with van der Waals surface area (Å²) in [6.07, 6.45) is 5.72. The van der Waals surface area contributed by atoms with Crippen LogP contribution < -0.4 is 16.0 Å². The van der Waals surface area contributed by atoms with Gasteiger partial charge in [0, 0.05) is 53.4 Å². The van der Waals surface area contributed by atoms with Gasteiger partial charge in [0.15, 0.2) is 5.88 Å². The lowest BCUT2D eigenvalue weighted by Gasteiger charge is -2.22. The Labute approximate surface area is 188 Å². The first-order valence-corrected chi connectivity index (χ1v) is 10.5. The molecule has 5 rings (SSSR count). The highest BCUT2D eigenvalue weighted by Crippen LogP contribution is 2.33. The van der Waals surface area contributed by atoms with E-state index in [1.165, 1.54) is 4.57 Å². The van der Waals surface area contributed by atoms with Crippen molar-refractivity contribution in [2.75, 3.05) is 5.32 Å². The molecule has 1 aliphatic rings. The second-order valence-corrected chi connectivity index (χ2v) is 7.99. The molecule has 0 bridgehead atoms. The molecule has 4 N–H and O–H groups in total. The zero-order chi connectivity index (χ0) is 22.9. The molecule has 33 heavy (non-hydrogen) atoms. The molecule has 1 fully saturated rings. The minimum Gasteiger partial charge on any atom is -0.494 e. The number of aromatic nitrogens is 2. The number of hydrogen-bond donors (Lipinski definition) is 4. The number of aromatic hydroxyl groups is 1. The predicted octanol–water partition coefficient (Wildman–Crippen LogP) is 3.19. The number of fused-ring (bicyclic) bond motifs is 2. The molecule has 166 valence electrons. The zero-order valence-corrected chi connectivity index (χ0v) is 17.5. The van der Waals surface area contributed by atoms with E-state index in [0.717, 1.165) is 21.7 Å². The zero-order valence-electron chi connectivity index (χ0n) is 17.5. The van der Waals surface area contributed by atoms with Crippen LogP contribution in [0.25, 0.3) is 21.5 Å². The number of urea groups is 1. The van der Waals surface area contributed by atoms with Crippen molar-refractivity contribution >= 4 is 45.1 Å². The maximum Gasteiger partial charge on any atom is 0.319 e. The smallest absolute Gasteiger partial charge is 0.319 e. The second-order valence-electron chi connectivity index (χ2n) is 7.99. The van der Waals surface area contributed by atoms with E-state index in [-0.39, 0.29) is 30.8 Å². The number of piperidine rings is 1. The molecule has 9 heteroatoms. The van der Waals surface area contributed by atoms with Crippen LogP contribution in [0.2, 0.25) is 0 Å². The number of nitrogens with one attached hydrogen (secondary N) is 3. The molecule has 2 aromatic heterocycles. The van der Waals surface area contributed by atoms with Crippen LogP contribution in [0.4, 0.5) is 10.5 Å². The van der Waals surface area contributed by atoms with E-state index >= 15 is 0 Å². The molecule has 1 saturated heterocycles. The van der Waals surface area contributed by atoms with E-state index in [2.05, 4.69) is 20.9 Å². The number of carbonyl (C=O) groups is 3. The first-order valence-electron chi connectivity index (χ1n) is 10.5. The van der Waals surface area contributed by atoms with Crippen LogP contribution in [0.5, 0.6) is 5.88 Å². The third-order valence-corrected chi connectivity index (χ3v) is 5.78. The Balaban J connectivity index is 1.27. The summed E-state index contributed by atoms with van der Waals surface area (Å²) in [5.74, 6) is -0.756. The van der Waals surface area contributed by atoms with E-state index in [0.29, 0.717) is 17.5 Å². The summed E-state index contributed by atoms with van der Waals surface area (Å²) in [6, 6.07) is 11.9. The minimum atomic E-state index is -0.639. The van der Waals surface area contributed by atoms with Crippen LogP contribution in [-0.2, 0) is 16.1 Å². The number of anilines is 1. The van der Waals surface area contributed by atoms with E-state index < -0.39 is 11.9 Å². The monoisotopic (exact) mass is 443 g/mol. The molecule has 4 amide bonds. The molecule has 9 nitrogen and oxygen atoms in total. The number of benzene rings is 2. The predicted molar refractivity (Wildman–Crippen MR) is 123 cm³/mol. The Hall–Kier alpha value is -4.40. The Bertz CT molecular complexity index is 1410. The number of rotatable bonds is 4. The molecule has 0 saturated carbocycles. The molecular formula is C24H21N5O4. The average molecular weight is 443 g/mol. The maximum atomic E-state index is 12.4. The Morgan fingerprint density at radius 2 is 2.00 bits per heavy atom. The summed E-state index contributed by atoms with van der Waals surface area (Å²) in [5.41, 5.74) is 1.51. The number of hydrogen-bond acceptors (Lipinski definition) is 5. The van der Waals surface area contributed by atoms with Crippen LogP contribution in [0.1, 0.15) is 24.4 Å². The summed E-state index contributed by atoms with van der Waals surface area (Å²) in [7, 11) is 0. The third kappa shape index (κ3) is 4.08. The molecule has 2 aromatic carbocycles. The normalized spacial score (nSPS) is 16.1. The topological polar surface area (TPSA) is 125 Å². The van der Waals surface area contributed by atoms with Gasteiger partial charge in [0.2, 0.25) is 11.8 Å². The van der Waals surface area contributed by atoms with Gasteiger partial charge in [0.1, 0.15) is 6.04 Å². The Kier molecular flexibility index (Phi) is 5.14. The highest BCUT2D eigenvalue weighted by Gasteiger charge is 2.30. The van der Waals surface area contributed by atoms with Crippen LogP contribution in [-0.4, -0.2) is 32.5 Å². The first kappa shape index (κ1) is 20.5. The fourth-order valence-corrected chi connectivity index (χ4v) is 4.09. The third-order valence-electron chi connectivity index (χ3n) is 5.78. The van der Waals surface area contributed by atoms with Crippen LogP contribution in [0, 0.1) is 0 Å². The van der Waals surface area contributed by atoms with Gasteiger partial charge in [0.05, 0.1) is 0 Å². The Morgan fingerprint density at radius 3 is 2.85 bits per heavy atom. The van der Waals surface area contributed by atoms with Crippen molar-refractivity contribution in [2.45, 2.75) is 25.4 Å². The van der Waals surface area contributed by atoms with Crippen LogP contribution in [0.15, 0.2) is 61.1 Å². The quantitative estimate of drug-likeness (QED) is 0.361. The van der Waals surface area contributed by atoms with Gasteiger partial charge in [-0.2, -0.15) is 0 Å². The first-order chi connectivity index (χ1) is 16.0. The van der Waals surface area contributed by atoms with Crippen molar-refractivity contribution in [1.29, 1.82) is 0 Å². The highest BCUT2D eigenvalue weighted by atomic mass is 16.3. The molecule has 3 heterocycles. The van der Waals surface area contributed by atoms with Crippen molar-refractivity contribution < 1.29 is 19.5 Å². The second kappa shape index (κ2) is 8.27. The van der Waals surface area contributed by atoms with Gasteiger partial charge in [-0.25, -0.2) is 4.79 Å². The van der Waals surface area contributed by atoms with E-state index in [4.69, 9.17) is 0 Å². The molecule has 1 atom stereocenters. The van der Waals surface area contributed by atoms with Crippen molar-refractivity contribution in [1.82, 2.24) is 20.2 Å². The number of nitrogens with zero attached hydrogens (tertiary/aromatic N) is 2. The van der Waals surface area contributed by atoms with Gasteiger partial charge in [-0.3, -0.25) is 19.9 Å². The molecule has 1 aliphatic heterocycles. The molecule has 4 aromatic rings. The fraction of sp³-hybridized carbons (Fsp3) is 0.167. The molecular weight excluding hydrogens is 422 g/mol. The lowest BCUT2D eigenvalue weighted by molar-refractivity contribution is -0.135. The van der Waals surface area contributed by atoms with Gasteiger partial charge in [-0.05, 0) is 47.7 Å². The molecule has 1 unspecified atom stereocenters. The maximum absolute atomic E-state index is 12.4. The SMILES string of the molecule is O=C1CCC(n2cc3cc(CNC(=O)Nc4ccc5cnccc5c4)ccc3c2O)C(=O)N1. The van der Waals surface area contributed by atoms with E-state index in [9.17, 15) is 19.5 Å². The summed E-state index contributed by atoms with van der Waals surface area (Å²) in [4.78, 5) is 40.0. The van der Waals surface area contributed by atoms with Gasteiger partial charge in [-0.15, -0.1) is 0 Å². The van der Waals surface area contributed by atoms with Gasteiger partial charge < -0.3 is 20.3 Å². The highest BCUT2D eigenvalue weighted by molar-refractivity contribution is 6.00. The lowest BCUT2D eigenvalue weighted by Crippen LogP contribution is -2.41. The number of amides is 4. The lowest BCUT2D eigenvalue weighted by atomic mass is 10.1. The summed E-state index contributed by atoms with van der Waals surface area (Å²) in [6.45, 7) is 0.281. The largest absolute Gasteiger partial charge is 0.494 e. The molecule has 0 aliphatic carbocycles. The summed E-state index contributed by atoms with van der Waals surface area (Å²) in [5, 5.41) is 21.8. The van der Waals surface area contributed by atoms with Crippen molar-refractivity contribution in [3.63, 3.8) is 0 Å². The van der Waals surface area contributed by atoms with Gasteiger partial charge >= 0.3 is 6.03 Å². The summed E-state index contributed by atoms with van der Waals surface area (Å²) >= 11 is 0. The van der Waals surface area contributed by atoms with Crippen molar-refractivity contribution in [3.05, 3.63) is 66.6 Å². The van der Waals surface area contributed by atoms with Gasteiger partial charge in [-0.1, -0.05) is 12.1 Å². The van der Waals surface area contributed by atoms with Gasteiger partial charge in [0.25, 0.3) is 0 Å². The molecule has 0 spiro atoms. The average Bonchev–Trinajstić information content (AvgIpc) is 3.13. The van der Waals surface area contributed by atoms with Crippen LogP contribution in [0.3, 0.4) is 0 Å². The standard InChI is InChI=1S/C24H21N5O4/c30-21-6-5-20(22(31)28-21)29-13-17-9-14(1-4-19(17)23(29)32)11-26-24(33)27-18-3-2-16-12-25-8-7-15(16)10-18/h1-4,7-10,12-13,20,32H,5-6,11H2,(H2,26,27,33)(H,28,30,31). The molecule has 0 radical (unpaired) electrons. The summed E-state index contributed by atoms with van der Waals surface area (Å²) < 4.78 is 1.49. The van der Waals surface area contributed by atoms with Crippen LogP contribution >= 0.6 is 0 Å². The number of pyridine rings is 1. The Morgan fingerprint density at radius 1 is 1.12 bits per heavy atom. The van der Waals surface area contributed by atoms with E-state index in [1.807, 2.05) is 30.3 Å². The van der Waals surface area contributed by atoms with Crippen molar-refractivity contribution in [3.8, 4) is 5.88 Å². The minimum absolute atomic E-state index is 0.0248. The van der Waals surface area contributed by atoms with Crippen molar-refractivity contribution in [2.24, 2.45) is 0 Å².